The number of nitrogen functional groups attached to an aromatic ring is 1. The van der Waals surface area contributed by atoms with Gasteiger partial charge < -0.3 is 5.73 Å². The minimum atomic E-state index is 0.539. The molecule has 0 aliphatic carbocycles. The topological polar surface area (TPSA) is 49.8 Å². The van der Waals surface area contributed by atoms with Gasteiger partial charge >= 0.3 is 0 Å². The smallest absolute Gasteiger partial charge is 0.101 e. The molecule has 0 spiro atoms. The SMILES string of the molecule is Cc1cccc(CSc2ccc(N)c(C#N)c2)c1. The van der Waals surface area contributed by atoms with E-state index in [0.29, 0.717) is 11.3 Å². The molecule has 0 radical (unpaired) electrons. The molecule has 2 aromatic rings. The predicted octanol–water partition coefficient (Wildman–Crippen LogP) is 3.74. The van der Waals surface area contributed by atoms with Gasteiger partial charge in [-0.1, -0.05) is 29.8 Å². The lowest BCUT2D eigenvalue weighted by Gasteiger charge is -2.05. The summed E-state index contributed by atoms with van der Waals surface area (Å²) in [5.74, 6) is 0.899. The van der Waals surface area contributed by atoms with Crippen LogP contribution in [0.2, 0.25) is 0 Å². The van der Waals surface area contributed by atoms with Crippen molar-refractivity contribution in [3.05, 3.63) is 59.2 Å². The maximum absolute atomic E-state index is 8.93. The van der Waals surface area contributed by atoms with Crippen LogP contribution in [-0.2, 0) is 5.75 Å². The van der Waals surface area contributed by atoms with Gasteiger partial charge in [0.25, 0.3) is 0 Å². The second-order valence-electron chi connectivity index (χ2n) is 4.14. The third kappa shape index (κ3) is 3.06. The van der Waals surface area contributed by atoms with Crippen molar-refractivity contribution in [2.75, 3.05) is 5.73 Å². The summed E-state index contributed by atoms with van der Waals surface area (Å²) < 4.78 is 0. The Morgan fingerprint density at radius 3 is 2.78 bits per heavy atom. The summed E-state index contributed by atoms with van der Waals surface area (Å²) in [6.07, 6.45) is 0. The van der Waals surface area contributed by atoms with Crippen molar-refractivity contribution in [3.8, 4) is 6.07 Å². The van der Waals surface area contributed by atoms with E-state index in [1.165, 1.54) is 11.1 Å². The summed E-state index contributed by atoms with van der Waals surface area (Å²) in [6, 6.07) is 16.1. The van der Waals surface area contributed by atoms with E-state index in [0.717, 1.165) is 10.6 Å². The Morgan fingerprint density at radius 1 is 1.22 bits per heavy atom. The van der Waals surface area contributed by atoms with E-state index in [9.17, 15) is 0 Å². The molecule has 0 fully saturated rings. The Kier molecular flexibility index (Phi) is 3.91. The van der Waals surface area contributed by atoms with Crippen molar-refractivity contribution in [1.29, 1.82) is 5.26 Å². The van der Waals surface area contributed by atoms with Crippen LogP contribution in [0.3, 0.4) is 0 Å². The zero-order valence-electron chi connectivity index (χ0n) is 10.2. The number of aryl methyl sites for hydroxylation is 1. The first-order valence-electron chi connectivity index (χ1n) is 5.67. The number of rotatable bonds is 3. The summed E-state index contributed by atoms with van der Waals surface area (Å²) in [5.41, 5.74) is 9.33. The number of nitrogens with zero attached hydrogens (tertiary/aromatic N) is 1. The van der Waals surface area contributed by atoms with Crippen LogP contribution in [0.1, 0.15) is 16.7 Å². The Balaban J connectivity index is 2.09. The van der Waals surface area contributed by atoms with E-state index in [-0.39, 0.29) is 0 Å². The third-order valence-electron chi connectivity index (χ3n) is 2.63. The van der Waals surface area contributed by atoms with Gasteiger partial charge in [0.1, 0.15) is 6.07 Å². The molecule has 0 amide bonds. The minimum absolute atomic E-state index is 0.539. The summed E-state index contributed by atoms with van der Waals surface area (Å²) in [6.45, 7) is 2.09. The summed E-state index contributed by atoms with van der Waals surface area (Å²) in [4.78, 5) is 1.07. The van der Waals surface area contributed by atoms with Gasteiger partial charge in [-0.05, 0) is 30.7 Å². The average molecular weight is 254 g/mol. The van der Waals surface area contributed by atoms with Crippen molar-refractivity contribution in [2.45, 2.75) is 17.6 Å². The van der Waals surface area contributed by atoms with E-state index in [1.807, 2.05) is 12.1 Å². The van der Waals surface area contributed by atoms with Gasteiger partial charge in [0.2, 0.25) is 0 Å². The third-order valence-corrected chi connectivity index (χ3v) is 3.70. The fourth-order valence-electron chi connectivity index (χ4n) is 1.69. The first-order valence-corrected chi connectivity index (χ1v) is 6.65. The van der Waals surface area contributed by atoms with Crippen LogP contribution in [0.5, 0.6) is 0 Å². The zero-order valence-corrected chi connectivity index (χ0v) is 11.0. The molecule has 0 bridgehead atoms. The van der Waals surface area contributed by atoms with Crippen LogP contribution in [0.25, 0.3) is 0 Å². The van der Waals surface area contributed by atoms with E-state index in [4.69, 9.17) is 11.0 Å². The van der Waals surface area contributed by atoms with Gasteiger partial charge in [-0.25, -0.2) is 0 Å². The van der Waals surface area contributed by atoms with Crippen molar-refractivity contribution in [2.24, 2.45) is 0 Å². The molecule has 0 saturated carbocycles. The number of thioether (sulfide) groups is 1. The van der Waals surface area contributed by atoms with Crippen molar-refractivity contribution < 1.29 is 0 Å². The lowest BCUT2D eigenvalue weighted by molar-refractivity contribution is 1.34. The second-order valence-corrected chi connectivity index (χ2v) is 5.19. The molecule has 2 rings (SSSR count). The van der Waals surface area contributed by atoms with Gasteiger partial charge in [-0.2, -0.15) is 5.26 Å². The lowest BCUT2D eigenvalue weighted by atomic mass is 10.2. The molecule has 0 aliphatic rings. The number of benzene rings is 2. The van der Waals surface area contributed by atoms with E-state index in [2.05, 4.69) is 37.3 Å². The quantitative estimate of drug-likeness (QED) is 0.670. The highest BCUT2D eigenvalue weighted by atomic mass is 32.2. The highest BCUT2D eigenvalue weighted by molar-refractivity contribution is 7.98. The molecule has 0 unspecified atom stereocenters. The van der Waals surface area contributed by atoms with Crippen molar-refractivity contribution >= 4 is 17.4 Å². The Hall–Kier alpha value is -1.92. The van der Waals surface area contributed by atoms with Crippen LogP contribution in [0.4, 0.5) is 5.69 Å². The van der Waals surface area contributed by atoms with Crippen LogP contribution in [0.15, 0.2) is 47.4 Å². The number of hydrogen-bond acceptors (Lipinski definition) is 3. The van der Waals surface area contributed by atoms with Crippen LogP contribution >= 0.6 is 11.8 Å². The molecule has 0 atom stereocenters. The van der Waals surface area contributed by atoms with Gasteiger partial charge in [-0.15, -0.1) is 11.8 Å². The van der Waals surface area contributed by atoms with E-state index < -0.39 is 0 Å². The summed E-state index contributed by atoms with van der Waals surface area (Å²) in [5, 5.41) is 8.93. The molecule has 0 saturated heterocycles. The average Bonchev–Trinajstić information content (AvgIpc) is 2.38. The molecule has 0 aromatic heterocycles. The summed E-state index contributed by atoms with van der Waals surface area (Å²) >= 11 is 1.71. The van der Waals surface area contributed by atoms with Gasteiger partial charge in [-0.3, -0.25) is 0 Å². The van der Waals surface area contributed by atoms with Gasteiger partial charge in [0.15, 0.2) is 0 Å². The fraction of sp³-hybridized carbons (Fsp3) is 0.133. The summed E-state index contributed by atoms with van der Waals surface area (Å²) in [7, 11) is 0. The Bertz CT molecular complexity index is 600. The van der Waals surface area contributed by atoms with Gasteiger partial charge in [0.05, 0.1) is 5.56 Å². The number of anilines is 1. The Labute approximate surface area is 111 Å². The van der Waals surface area contributed by atoms with E-state index >= 15 is 0 Å². The molecule has 2 N–H and O–H groups in total. The molecular formula is C15H14N2S. The predicted molar refractivity (Wildman–Crippen MR) is 76.3 cm³/mol. The van der Waals surface area contributed by atoms with Crippen molar-refractivity contribution in [1.82, 2.24) is 0 Å². The standard InChI is InChI=1S/C15H14N2S/c1-11-3-2-4-12(7-11)10-18-14-5-6-15(17)13(8-14)9-16/h2-8H,10,17H2,1H3. The van der Waals surface area contributed by atoms with E-state index in [1.54, 1.807) is 17.8 Å². The normalized spacial score (nSPS) is 10.0. The largest absolute Gasteiger partial charge is 0.398 e. The maximum atomic E-state index is 8.93. The number of hydrogen-bond donors (Lipinski definition) is 1. The minimum Gasteiger partial charge on any atom is -0.398 e. The molecule has 0 heterocycles. The molecule has 90 valence electrons. The molecular weight excluding hydrogens is 240 g/mol. The molecule has 2 nitrogen and oxygen atoms in total. The molecule has 18 heavy (non-hydrogen) atoms. The monoisotopic (exact) mass is 254 g/mol. The van der Waals surface area contributed by atoms with Crippen LogP contribution in [0, 0.1) is 18.3 Å². The molecule has 3 heteroatoms. The molecule has 0 aliphatic heterocycles. The number of nitrogens with two attached hydrogens (primary N) is 1. The van der Waals surface area contributed by atoms with Crippen LogP contribution in [-0.4, -0.2) is 0 Å². The fourth-order valence-corrected chi connectivity index (χ4v) is 2.57. The molecule has 2 aromatic carbocycles. The first kappa shape index (κ1) is 12.5. The second kappa shape index (κ2) is 5.61. The van der Waals surface area contributed by atoms with Crippen molar-refractivity contribution in [3.63, 3.8) is 0 Å². The number of nitriles is 1. The maximum Gasteiger partial charge on any atom is 0.101 e. The first-order chi connectivity index (χ1) is 8.69. The van der Waals surface area contributed by atoms with Gasteiger partial charge in [0, 0.05) is 16.3 Å². The highest BCUT2D eigenvalue weighted by Crippen LogP contribution is 2.26. The highest BCUT2D eigenvalue weighted by Gasteiger charge is 2.01. The lowest BCUT2D eigenvalue weighted by Crippen LogP contribution is -1.90. The Morgan fingerprint density at radius 2 is 2.06 bits per heavy atom. The zero-order chi connectivity index (χ0) is 13.0. The van der Waals surface area contributed by atoms with Crippen LogP contribution < -0.4 is 5.73 Å².